The number of thiophene rings is 1. The number of nitrogens with zero attached hydrogens (tertiary/aromatic N) is 1. The first kappa shape index (κ1) is 15.7. The van der Waals surface area contributed by atoms with Crippen LogP contribution in [-0.2, 0) is 35.3 Å². The van der Waals surface area contributed by atoms with Gasteiger partial charge in [-0.1, -0.05) is 6.07 Å². The van der Waals surface area contributed by atoms with E-state index < -0.39 is 0 Å². The van der Waals surface area contributed by atoms with Crippen LogP contribution < -0.4 is 4.74 Å². The number of fused-ring (bicyclic) bond motifs is 4. The van der Waals surface area contributed by atoms with Gasteiger partial charge in [-0.25, -0.2) is 0 Å². The first-order valence-corrected chi connectivity index (χ1v) is 9.07. The zero-order valence-electron chi connectivity index (χ0n) is 14.0. The molecule has 0 spiro atoms. The molecular weight excluding hydrogens is 322 g/mol. The van der Waals surface area contributed by atoms with Gasteiger partial charge in [-0.2, -0.15) is 0 Å². The summed E-state index contributed by atoms with van der Waals surface area (Å²) in [5, 5.41) is 0. The average molecular weight is 343 g/mol. The van der Waals surface area contributed by atoms with Crippen LogP contribution in [-0.4, -0.2) is 31.6 Å². The minimum absolute atomic E-state index is 0.163. The third-order valence-electron chi connectivity index (χ3n) is 5.06. The molecule has 0 bridgehead atoms. The Balaban J connectivity index is 1.62. The number of hydrogen-bond donors (Lipinski definition) is 0. The van der Waals surface area contributed by atoms with Crippen molar-refractivity contribution >= 4 is 17.3 Å². The van der Waals surface area contributed by atoms with Crippen molar-refractivity contribution < 1.29 is 14.3 Å². The number of benzene rings is 1. The van der Waals surface area contributed by atoms with E-state index >= 15 is 0 Å². The largest absolute Gasteiger partial charge is 0.497 e. The second-order valence-corrected chi connectivity index (χ2v) is 7.64. The van der Waals surface area contributed by atoms with Crippen LogP contribution in [0.4, 0.5) is 0 Å². The van der Waals surface area contributed by atoms with Crippen LogP contribution in [0.25, 0.3) is 0 Å². The zero-order chi connectivity index (χ0) is 16.7. The number of hydrogen-bond acceptors (Lipinski definition) is 5. The SMILES string of the molecule is COC(=O)Cc1cc2c(s1)CC1c3ccc(OC)cc3CCN1C2. The first-order valence-electron chi connectivity index (χ1n) is 8.26. The molecule has 126 valence electrons. The predicted octanol–water partition coefficient (Wildman–Crippen LogP) is 3.13. The van der Waals surface area contributed by atoms with Crippen LogP contribution >= 0.6 is 11.3 Å². The number of esters is 1. The molecule has 2 aliphatic rings. The minimum Gasteiger partial charge on any atom is -0.497 e. The van der Waals surface area contributed by atoms with Gasteiger partial charge in [0.15, 0.2) is 0 Å². The highest BCUT2D eigenvalue weighted by molar-refractivity contribution is 7.12. The van der Waals surface area contributed by atoms with Crippen LogP contribution in [0.3, 0.4) is 0 Å². The Labute approximate surface area is 146 Å². The summed E-state index contributed by atoms with van der Waals surface area (Å²) in [5.41, 5.74) is 4.22. The van der Waals surface area contributed by atoms with Crippen molar-refractivity contribution in [3.63, 3.8) is 0 Å². The minimum atomic E-state index is -0.163. The standard InChI is InChI=1S/C19H21NO3S/c1-22-14-3-4-16-12(7-14)5-6-20-11-13-8-15(9-19(21)23-2)24-18(13)10-17(16)20/h3-4,7-8,17H,5-6,9-11H2,1-2H3. The van der Waals surface area contributed by atoms with Crippen molar-refractivity contribution in [2.24, 2.45) is 0 Å². The molecule has 1 atom stereocenters. The third-order valence-corrected chi connectivity index (χ3v) is 6.26. The Morgan fingerprint density at radius 2 is 2.17 bits per heavy atom. The first-order chi connectivity index (χ1) is 11.7. The van der Waals surface area contributed by atoms with E-state index in [4.69, 9.17) is 9.47 Å². The molecule has 2 aromatic rings. The molecule has 5 heteroatoms. The molecule has 1 aromatic heterocycles. The molecule has 0 fully saturated rings. The lowest BCUT2D eigenvalue weighted by molar-refractivity contribution is -0.139. The Bertz CT molecular complexity index is 783. The number of carbonyl (C=O) groups excluding carboxylic acids is 1. The Morgan fingerprint density at radius 3 is 2.96 bits per heavy atom. The van der Waals surface area contributed by atoms with Gasteiger partial charge in [0.25, 0.3) is 0 Å². The molecule has 0 aliphatic carbocycles. The number of rotatable bonds is 3. The summed E-state index contributed by atoms with van der Waals surface area (Å²) in [6.45, 7) is 2.05. The lowest BCUT2D eigenvalue weighted by atomic mass is 9.87. The fourth-order valence-corrected chi connectivity index (χ4v) is 5.03. The van der Waals surface area contributed by atoms with Crippen LogP contribution in [0.5, 0.6) is 5.75 Å². The maximum absolute atomic E-state index is 11.5. The van der Waals surface area contributed by atoms with Gasteiger partial charge in [0.1, 0.15) is 5.75 Å². The van der Waals surface area contributed by atoms with Gasteiger partial charge in [0, 0.05) is 35.3 Å². The molecule has 3 heterocycles. The normalized spacial score (nSPS) is 19.2. The van der Waals surface area contributed by atoms with Gasteiger partial charge < -0.3 is 9.47 Å². The van der Waals surface area contributed by atoms with E-state index in [9.17, 15) is 4.79 Å². The highest BCUT2D eigenvalue weighted by atomic mass is 32.1. The van der Waals surface area contributed by atoms with Crippen molar-refractivity contribution in [1.29, 1.82) is 0 Å². The predicted molar refractivity (Wildman–Crippen MR) is 93.6 cm³/mol. The van der Waals surface area contributed by atoms with E-state index in [2.05, 4.69) is 29.2 Å². The molecule has 0 radical (unpaired) electrons. The van der Waals surface area contributed by atoms with Gasteiger partial charge in [-0.05, 0) is 41.3 Å². The van der Waals surface area contributed by atoms with Gasteiger partial charge in [0.2, 0.25) is 0 Å². The Kier molecular flexibility index (Phi) is 4.06. The molecule has 0 saturated carbocycles. The molecule has 0 saturated heterocycles. The van der Waals surface area contributed by atoms with E-state index in [0.717, 1.165) is 36.6 Å². The van der Waals surface area contributed by atoms with Gasteiger partial charge in [-0.15, -0.1) is 11.3 Å². The van der Waals surface area contributed by atoms with Crippen LogP contribution in [0.1, 0.15) is 32.5 Å². The molecule has 2 aliphatic heterocycles. The number of methoxy groups -OCH3 is 2. The Hall–Kier alpha value is -1.85. The highest BCUT2D eigenvalue weighted by Gasteiger charge is 2.33. The lowest BCUT2D eigenvalue weighted by Crippen LogP contribution is -2.38. The van der Waals surface area contributed by atoms with Crippen molar-refractivity contribution in [1.82, 2.24) is 4.90 Å². The van der Waals surface area contributed by atoms with Gasteiger partial charge in [-0.3, -0.25) is 9.69 Å². The highest BCUT2D eigenvalue weighted by Crippen LogP contribution is 2.41. The van der Waals surface area contributed by atoms with E-state index in [-0.39, 0.29) is 5.97 Å². The fourth-order valence-electron chi connectivity index (χ4n) is 3.83. The molecular formula is C19H21NO3S. The summed E-state index contributed by atoms with van der Waals surface area (Å²) in [4.78, 5) is 16.6. The maximum atomic E-state index is 11.5. The lowest BCUT2D eigenvalue weighted by Gasteiger charge is -2.40. The van der Waals surface area contributed by atoms with Gasteiger partial charge >= 0.3 is 5.97 Å². The quantitative estimate of drug-likeness (QED) is 0.803. The summed E-state index contributed by atoms with van der Waals surface area (Å²) >= 11 is 1.76. The van der Waals surface area contributed by atoms with E-state index in [1.807, 2.05) is 0 Å². The molecule has 4 rings (SSSR count). The summed E-state index contributed by atoms with van der Waals surface area (Å²) in [5.74, 6) is 0.777. The molecule has 0 amide bonds. The fraction of sp³-hybridized carbons (Fsp3) is 0.421. The van der Waals surface area contributed by atoms with Gasteiger partial charge in [0.05, 0.1) is 20.6 Å². The van der Waals surface area contributed by atoms with Crippen molar-refractivity contribution in [3.8, 4) is 5.75 Å². The van der Waals surface area contributed by atoms with E-state index in [1.165, 1.54) is 28.7 Å². The maximum Gasteiger partial charge on any atom is 0.310 e. The van der Waals surface area contributed by atoms with E-state index in [0.29, 0.717) is 12.5 Å². The summed E-state index contributed by atoms with van der Waals surface area (Å²) in [6.07, 6.45) is 2.48. The number of ether oxygens (including phenoxy) is 2. The topological polar surface area (TPSA) is 38.8 Å². The monoisotopic (exact) mass is 343 g/mol. The van der Waals surface area contributed by atoms with Crippen LogP contribution in [0.2, 0.25) is 0 Å². The molecule has 1 unspecified atom stereocenters. The third kappa shape index (κ3) is 2.72. The van der Waals surface area contributed by atoms with Crippen LogP contribution in [0.15, 0.2) is 24.3 Å². The van der Waals surface area contributed by atoms with Crippen molar-refractivity contribution in [2.75, 3.05) is 20.8 Å². The van der Waals surface area contributed by atoms with Crippen LogP contribution in [0, 0.1) is 0 Å². The summed E-state index contributed by atoms with van der Waals surface area (Å²) in [7, 11) is 3.17. The summed E-state index contributed by atoms with van der Waals surface area (Å²) in [6, 6.07) is 9.10. The second kappa shape index (κ2) is 6.22. The van der Waals surface area contributed by atoms with E-state index in [1.54, 1.807) is 18.4 Å². The summed E-state index contributed by atoms with van der Waals surface area (Å²) < 4.78 is 10.2. The second-order valence-electron chi connectivity index (χ2n) is 6.42. The smallest absolute Gasteiger partial charge is 0.310 e. The molecule has 0 N–H and O–H groups in total. The Morgan fingerprint density at radius 1 is 1.29 bits per heavy atom. The number of carbonyl (C=O) groups is 1. The molecule has 1 aromatic carbocycles. The van der Waals surface area contributed by atoms with Crippen molar-refractivity contribution in [2.45, 2.75) is 31.8 Å². The average Bonchev–Trinajstić information content (AvgIpc) is 3.00. The molecule has 24 heavy (non-hydrogen) atoms. The van der Waals surface area contributed by atoms with Crippen molar-refractivity contribution in [3.05, 3.63) is 50.7 Å². The zero-order valence-corrected chi connectivity index (χ0v) is 14.8. The molecule has 4 nitrogen and oxygen atoms in total.